The van der Waals surface area contributed by atoms with Crippen molar-refractivity contribution < 1.29 is 13.6 Å². The van der Waals surface area contributed by atoms with Crippen LogP contribution in [-0.2, 0) is 11.3 Å². The Labute approximate surface area is 229 Å². The van der Waals surface area contributed by atoms with E-state index in [2.05, 4.69) is 52.7 Å². The molecule has 0 radical (unpaired) electrons. The minimum absolute atomic E-state index is 0.217. The molecular weight excluding hydrogens is 496 g/mol. The molecule has 3 aliphatic heterocycles. The molecule has 3 heterocycles. The normalized spacial score (nSPS) is 19.6. The molecule has 0 fully saturated rings. The lowest BCUT2D eigenvalue weighted by Crippen LogP contribution is -2.33. The molecule has 0 bridgehead atoms. The highest BCUT2D eigenvalue weighted by Gasteiger charge is 2.31. The van der Waals surface area contributed by atoms with Gasteiger partial charge in [-0.1, -0.05) is 26.0 Å². The van der Waals surface area contributed by atoms with Crippen LogP contribution in [0.3, 0.4) is 0 Å². The van der Waals surface area contributed by atoms with Crippen molar-refractivity contribution in [3.05, 3.63) is 88.3 Å². The summed E-state index contributed by atoms with van der Waals surface area (Å²) in [6.45, 7) is 12.0. The number of hydrogen-bond acceptors (Lipinski definition) is 5. The first-order valence-electron chi connectivity index (χ1n) is 13.9. The van der Waals surface area contributed by atoms with Crippen molar-refractivity contribution in [1.82, 2.24) is 15.1 Å². The predicted molar refractivity (Wildman–Crippen MR) is 153 cm³/mol. The van der Waals surface area contributed by atoms with E-state index in [1.807, 2.05) is 6.08 Å². The number of benzene rings is 2. The Kier molecular flexibility index (Phi) is 8.02. The number of nitrogens with zero attached hydrogens (tertiary/aromatic N) is 2. The second-order valence-electron chi connectivity index (χ2n) is 10.4. The number of likely N-dealkylation sites (N-methyl/N-ethyl adjacent to an activating group) is 1. The lowest BCUT2D eigenvalue weighted by Gasteiger charge is -2.25. The van der Waals surface area contributed by atoms with Crippen LogP contribution in [0.5, 0.6) is 0 Å². The maximum atomic E-state index is 15.1. The Morgan fingerprint density at radius 2 is 1.92 bits per heavy atom. The van der Waals surface area contributed by atoms with Gasteiger partial charge >= 0.3 is 0 Å². The number of allylic oxidation sites excluding steroid dienone is 1. The molecule has 1 atom stereocenters. The van der Waals surface area contributed by atoms with Crippen LogP contribution in [0.25, 0.3) is 5.57 Å². The van der Waals surface area contributed by atoms with Crippen molar-refractivity contribution in [3.63, 3.8) is 0 Å². The van der Waals surface area contributed by atoms with Crippen molar-refractivity contribution in [2.75, 3.05) is 43.4 Å². The molecule has 39 heavy (non-hydrogen) atoms. The highest BCUT2D eigenvalue weighted by molar-refractivity contribution is 6.32. The molecule has 1 amide bonds. The second-order valence-corrected chi connectivity index (χ2v) is 10.4. The Hall–Kier alpha value is -3.65. The summed E-state index contributed by atoms with van der Waals surface area (Å²) in [6, 6.07) is 9.30. The molecule has 0 saturated carbocycles. The number of anilines is 2. The van der Waals surface area contributed by atoms with Gasteiger partial charge in [0.15, 0.2) is 0 Å². The fraction of sp³-hybridized carbons (Fsp3) is 0.387. The molecule has 2 aromatic carbocycles. The van der Waals surface area contributed by atoms with Crippen LogP contribution in [0, 0.1) is 11.6 Å². The minimum Gasteiger partial charge on any atom is -0.379 e. The Bertz CT molecular complexity index is 1330. The van der Waals surface area contributed by atoms with Gasteiger partial charge in [-0.15, -0.1) is 0 Å². The average Bonchev–Trinajstić information content (AvgIpc) is 3.28. The molecule has 6 nitrogen and oxygen atoms in total. The summed E-state index contributed by atoms with van der Waals surface area (Å²) in [5.74, 6) is -1.01. The number of halogens is 2. The van der Waals surface area contributed by atoms with Gasteiger partial charge in [0.25, 0.3) is 5.91 Å². The van der Waals surface area contributed by atoms with E-state index in [0.717, 1.165) is 62.4 Å². The average molecular weight is 534 g/mol. The number of hydrogen-bond donors (Lipinski definition) is 3. The monoisotopic (exact) mass is 533 g/mol. The van der Waals surface area contributed by atoms with Crippen molar-refractivity contribution >= 4 is 22.9 Å². The fourth-order valence-electron chi connectivity index (χ4n) is 5.53. The molecule has 5 rings (SSSR count). The molecule has 0 aromatic heterocycles. The summed E-state index contributed by atoms with van der Waals surface area (Å²) in [5.41, 5.74) is 5.99. The first-order valence-corrected chi connectivity index (χ1v) is 13.9. The number of fused-ring (bicyclic) bond motifs is 2. The van der Waals surface area contributed by atoms with Crippen molar-refractivity contribution in [3.8, 4) is 0 Å². The van der Waals surface area contributed by atoms with E-state index in [4.69, 9.17) is 0 Å². The summed E-state index contributed by atoms with van der Waals surface area (Å²) < 4.78 is 28.2. The van der Waals surface area contributed by atoms with Crippen LogP contribution >= 0.6 is 0 Å². The zero-order valence-electron chi connectivity index (χ0n) is 22.9. The number of carbonyl (C=O) groups excluding carboxylic acids is 1. The molecular formula is C31H37F2N5O. The van der Waals surface area contributed by atoms with Crippen LogP contribution < -0.4 is 16.0 Å². The SMILES string of the molecule is CCN(CC)CCN1C=C2C(C)=C(/C=C3\C(=O)Nc4cc(NCc5ccc(F)cc5)c(F)cc43)NC2CCC1. The van der Waals surface area contributed by atoms with E-state index >= 15 is 4.39 Å². The van der Waals surface area contributed by atoms with Gasteiger partial charge in [0.2, 0.25) is 0 Å². The maximum Gasteiger partial charge on any atom is 0.256 e. The Morgan fingerprint density at radius 1 is 1.15 bits per heavy atom. The fourth-order valence-corrected chi connectivity index (χ4v) is 5.53. The molecule has 0 aliphatic carbocycles. The molecule has 0 spiro atoms. The minimum atomic E-state index is -0.444. The smallest absolute Gasteiger partial charge is 0.256 e. The van der Waals surface area contributed by atoms with E-state index in [0.29, 0.717) is 23.4 Å². The zero-order valence-corrected chi connectivity index (χ0v) is 22.9. The van der Waals surface area contributed by atoms with E-state index < -0.39 is 5.82 Å². The van der Waals surface area contributed by atoms with E-state index in [1.165, 1.54) is 23.8 Å². The Morgan fingerprint density at radius 3 is 2.67 bits per heavy atom. The van der Waals surface area contributed by atoms with E-state index in [9.17, 15) is 9.18 Å². The maximum absolute atomic E-state index is 15.1. The summed E-state index contributed by atoms with van der Waals surface area (Å²) in [5, 5.41) is 9.56. The molecule has 3 aliphatic rings. The first kappa shape index (κ1) is 26.9. The summed E-state index contributed by atoms with van der Waals surface area (Å²) in [7, 11) is 0. The van der Waals surface area contributed by atoms with Crippen LogP contribution in [0.2, 0.25) is 0 Å². The molecule has 0 saturated heterocycles. The van der Waals surface area contributed by atoms with Crippen molar-refractivity contribution in [1.29, 1.82) is 0 Å². The van der Waals surface area contributed by atoms with Gasteiger partial charge < -0.3 is 25.8 Å². The predicted octanol–water partition coefficient (Wildman–Crippen LogP) is 5.48. The largest absolute Gasteiger partial charge is 0.379 e. The van der Waals surface area contributed by atoms with Crippen LogP contribution in [0.15, 0.2) is 65.5 Å². The van der Waals surface area contributed by atoms with Crippen LogP contribution in [0.4, 0.5) is 20.2 Å². The van der Waals surface area contributed by atoms with Gasteiger partial charge in [-0.25, -0.2) is 8.78 Å². The topological polar surface area (TPSA) is 59.6 Å². The summed E-state index contributed by atoms with van der Waals surface area (Å²) in [4.78, 5) is 17.8. The lowest BCUT2D eigenvalue weighted by molar-refractivity contribution is -0.110. The molecule has 8 heteroatoms. The van der Waals surface area contributed by atoms with E-state index in [-0.39, 0.29) is 23.5 Å². The number of nitrogens with one attached hydrogen (secondary N) is 3. The number of carbonyl (C=O) groups is 1. The van der Waals surface area contributed by atoms with Gasteiger partial charge in [0, 0.05) is 43.6 Å². The van der Waals surface area contributed by atoms with Gasteiger partial charge in [-0.2, -0.15) is 0 Å². The third-order valence-electron chi connectivity index (χ3n) is 7.97. The third-order valence-corrected chi connectivity index (χ3v) is 7.97. The van der Waals surface area contributed by atoms with Crippen molar-refractivity contribution in [2.45, 2.75) is 46.2 Å². The second kappa shape index (κ2) is 11.6. The van der Waals surface area contributed by atoms with Gasteiger partial charge in [0.05, 0.1) is 23.0 Å². The number of amides is 1. The van der Waals surface area contributed by atoms with Gasteiger partial charge in [0.1, 0.15) is 11.6 Å². The quantitative estimate of drug-likeness (QED) is 0.373. The highest BCUT2D eigenvalue weighted by atomic mass is 19.1. The lowest BCUT2D eigenvalue weighted by atomic mass is 10.0. The molecule has 2 aromatic rings. The molecule has 1 unspecified atom stereocenters. The standard InChI is InChI=1S/C31H37F2N5O/c1-4-37(5-2)13-14-38-12-6-7-27-25(19-38)20(3)28(35-27)16-24-23-15-26(33)30(17-29(23)36-31(24)39)34-18-21-8-10-22(32)11-9-21/h8-11,15-17,19,27,34-35H,4-7,12-14,18H2,1-3H3,(H,36,39)/b24-16-. The summed E-state index contributed by atoms with van der Waals surface area (Å²) >= 11 is 0. The first-order chi connectivity index (χ1) is 18.9. The van der Waals surface area contributed by atoms with Crippen LogP contribution in [0.1, 0.15) is 44.7 Å². The Balaban J connectivity index is 1.35. The van der Waals surface area contributed by atoms with Gasteiger partial charge in [-0.05, 0) is 79.9 Å². The van der Waals surface area contributed by atoms with Crippen molar-refractivity contribution in [2.24, 2.45) is 0 Å². The van der Waals surface area contributed by atoms with Gasteiger partial charge in [-0.3, -0.25) is 4.79 Å². The third kappa shape index (κ3) is 5.86. The summed E-state index contributed by atoms with van der Waals surface area (Å²) in [6.07, 6.45) is 6.26. The number of rotatable bonds is 9. The highest BCUT2D eigenvalue weighted by Crippen LogP contribution is 2.38. The molecule has 206 valence electrons. The zero-order chi connectivity index (χ0) is 27.5. The molecule has 3 N–H and O–H groups in total. The van der Waals surface area contributed by atoms with E-state index in [1.54, 1.807) is 18.2 Å². The van der Waals surface area contributed by atoms with Crippen LogP contribution in [-0.4, -0.2) is 54.5 Å².